The van der Waals surface area contributed by atoms with Gasteiger partial charge in [0.1, 0.15) is 0 Å². The molecule has 0 N–H and O–H groups in total. The van der Waals surface area contributed by atoms with E-state index in [1.54, 1.807) is 31.2 Å². The third-order valence-corrected chi connectivity index (χ3v) is 3.60. The molecule has 0 aliphatic carbocycles. The normalized spacial score (nSPS) is 11.4. The smallest absolute Gasteiger partial charge is 0.208 e. The van der Waals surface area contributed by atoms with Gasteiger partial charge in [0.2, 0.25) is 5.82 Å². The van der Waals surface area contributed by atoms with E-state index >= 15 is 0 Å². The van der Waals surface area contributed by atoms with Gasteiger partial charge in [-0.25, -0.2) is 4.39 Å². The van der Waals surface area contributed by atoms with Crippen LogP contribution in [-0.2, 0) is 0 Å². The summed E-state index contributed by atoms with van der Waals surface area (Å²) in [4.78, 5) is 0. The lowest BCUT2D eigenvalue weighted by Crippen LogP contribution is -1.98. The minimum Gasteiger partial charge on any atom is -0.490 e. The Morgan fingerprint density at radius 3 is 2.38 bits per heavy atom. The molecule has 0 spiro atoms. The second-order valence-electron chi connectivity index (χ2n) is 5.13. The van der Waals surface area contributed by atoms with Crippen molar-refractivity contribution < 1.29 is 17.9 Å². The predicted octanol–water partition coefficient (Wildman–Crippen LogP) is 5.35. The average Bonchev–Trinajstić information content (AvgIpc) is 2.86. The Bertz CT molecular complexity index is 806. The lowest BCUT2D eigenvalue weighted by molar-refractivity contribution is 0.294. The number of aryl methyl sites for hydroxylation is 1. The average molecular weight is 290 g/mol. The van der Waals surface area contributed by atoms with Crippen LogP contribution < -0.4 is 4.74 Å². The second-order valence-corrected chi connectivity index (χ2v) is 5.13. The molecule has 0 bridgehead atoms. The maximum Gasteiger partial charge on any atom is 0.208 e. The van der Waals surface area contributed by atoms with Crippen LogP contribution in [0.25, 0.3) is 21.9 Å². The quantitative estimate of drug-likeness (QED) is 0.604. The van der Waals surface area contributed by atoms with Gasteiger partial charge in [-0.1, -0.05) is 25.5 Å². The van der Waals surface area contributed by atoms with Crippen LogP contribution in [0.4, 0.5) is 8.78 Å². The number of benzene rings is 2. The number of unbranched alkanes of at least 4 members (excludes halogenated alkanes) is 1. The van der Waals surface area contributed by atoms with E-state index in [2.05, 4.69) is 0 Å². The topological polar surface area (TPSA) is 22.4 Å². The summed E-state index contributed by atoms with van der Waals surface area (Å²) in [6, 6.07) is 6.69. The van der Waals surface area contributed by atoms with Crippen molar-refractivity contribution in [1.29, 1.82) is 0 Å². The molecule has 110 valence electrons. The van der Waals surface area contributed by atoms with Crippen LogP contribution in [0.1, 0.15) is 25.3 Å². The molecule has 2 nitrogen and oxygen atoms in total. The molecule has 0 amide bonds. The van der Waals surface area contributed by atoms with Gasteiger partial charge in [0.25, 0.3) is 0 Å². The summed E-state index contributed by atoms with van der Waals surface area (Å²) in [5, 5.41) is 1.14. The number of furan rings is 1. The fraction of sp³-hybridized carbons (Fsp3) is 0.294. The van der Waals surface area contributed by atoms with E-state index in [0.29, 0.717) is 22.9 Å². The first-order valence-electron chi connectivity index (χ1n) is 7.06. The second kappa shape index (κ2) is 5.35. The fourth-order valence-corrected chi connectivity index (χ4v) is 2.36. The molecule has 0 aliphatic rings. The van der Waals surface area contributed by atoms with Crippen molar-refractivity contribution in [3.63, 3.8) is 0 Å². The molecule has 0 saturated carbocycles. The third-order valence-electron chi connectivity index (χ3n) is 3.60. The summed E-state index contributed by atoms with van der Waals surface area (Å²) >= 11 is 0. The van der Waals surface area contributed by atoms with Crippen LogP contribution in [0.5, 0.6) is 5.75 Å². The third kappa shape index (κ3) is 2.24. The number of fused-ring (bicyclic) bond motifs is 3. The van der Waals surface area contributed by atoms with E-state index < -0.39 is 11.6 Å². The van der Waals surface area contributed by atoms with E-state index in [9.17, 15) is 8.78 Å². The molecule has 0 saturated heterocycles. The van der Waals surface area contributed by atoms with Crippen LogP contribution >= 0.6 is 0 Å². The standard InChI is InChI=1S/C17H16F2O2/c1-3-4-9-20-13-8-7-12-11-6-5-10(2)14(18)16(11)21-17(12)15(13)19/h5-8H,3-4,9H2,1-2H3. The van der Waals surface area contributed by atoms with Gasteiger partial charge < -0.3 is 9.15 Å². The maximum atomic E-state index is 14.4. The van der Waals surface area contributed by atoms with Crippen LogP contribution in [0, 0.1) is 18.6 Å². The van der Waals surface area contributed by atoms with E-state index in [1.807, 2.05) is 6.92 Å². The first kappa shape index (κ1) is 13.9. The number of rotatable bonds is 4. The van der Waals surface area contributed by atoms with Gasteiger partial charge in [-0.05, 0) is 31.0 Å². The SMILES string of the molecule is CCCCOc1ccc2c(oc3c(F)c(C)ccc32)c1F. The van der Waals surface area contributed by atoms with Gasteiger partial charge in [0.15, 0.2) is 22.7 Å². The molecule has 21 heavy (non-hydrogen) atoms. The lowest BCUT2D eigenvalue weighted by Gasteiger charge is -2.06. The number of hydrogen-bond donors (Lipinski definition) is 0. The van der Waals surface area contributed by atoms with Crippen LogP contribution in [0.2, 0.25) is 0 Å². The largest absolute Gasteiger partial charge is 0.490 e. The zero-order chi connectivity index (χ0) is 15.0. The van der Waals surface area contributed by atoms with Crippen molar-refractivity contribution >= 4 is 21.9 Å². The summed E-state index contributed by atoms with van der Waals surface area (Å²) in [6.07, 6.45) is 1.82. The number of hydrogen-bond acceptors (Lipinski definition) is 2. The Labute approximate surface area is 121 Å². The highest BCUT2D eigenvalue weighted by Crippen LogP contribution is 2.36. The van der Waals surface area contributed by atoms with Gasteiger partial charge >= 0.3 is 0 Å². The number of halogens is 2. The Hall–Kier alpha value is -2.10. The monoisotopic (exact) mass is 290 g/mol. The summed E-state index contributed by atoms with van der Waals surface area (Å²) in [5.41, 5.74) is 0.611. The van der Waals surface area contributed by atoms with Gasteiger partial charge in [-0.2, -0.15) is 4.39 Å². The van der Waals surface area contributed by atoms with Crippen LogP contribution in [-0.4, -0.2) is 6.61 Å². The molecule has 3 aromatic rings. The zero-order valence-electron chi connectivity index (χ0n) is 12.0. The van der Waals surface area contributed by atoms with Crippen molar-refractivity contribution in [3.05, 3.63) is 41.5 Å². The molecule has 0 atom stereocenters. The molecule has 0 unspecified atom stereocenters. The molecule has 2 aromatic carbocycles. The minimum atomic E-state index is -0.572. The first-order valence-corrected chi connectivity index (χ1v) is 7.06. The Morgan fingerprint density at radius 2 is 1.67 bits per heavy atom. The van der Waals surface area contributed by atoms with Crippen molar-refractivity contribution in [1.82, 2.24) is 0 Å². The highest BCUT2D eigenvalue weighted by atomic mass is 19.1. The Balaban J connectivity index is 2.15. The predicted molar refractivity (Wildman–Crippen MR) is 78.8 cm³/mol. The van der Waals surface area contributed by atoms with Gasteiger partial charge in [-0.3, -0.25) is 0 Å². The highest BCUT2D eigenvalue weighted by molar-refractivity contribution is 6.05. The summed E-state index contributed by atoms with van der Waals surface area (Å²) < 4.78 is 39.3. The molecule has 4 heteroatoms. The summed E-state index contributed by atoms with van der Waals surface area (Å²) in [6.45, 7) is 4.14. The van der Waals surface area contributed by atoms with Gasteiger partial charge in [0, 0.05) is 10.8 Å². The lowest BCUT2D eigenvalue weighted by atomic mass is 10.1. The van der Waals surface area contributed by atoms with E-state index in [1.165, 1.54) is 0 Å². The van der Waals surface area contributed by atoms with Gasteiger partial charge in [-0.15, -0.1) is 0 Å². The molecular formula is C17H16F2O2. The molecular weight excluding hydrogens is 274 g/mol. The summed E-state index contributed by atoms with van der Waals surface area (Å²) in [7, 11) is 0. The van der Waals surface area contributed by atoms with E-state index in [-0.39, 0.29) is 16.9 Å². The summed E-state index contributed by atoms with van der Waals surface area (Å²) in [5.74, 6) is -0.874. The molecule has 0 aliphatic heterocycles. The number of ether oxygens (including phenoxy) is 1. The van der Waals surface area contributed by atoms with Gasteiger partial charge in [0.05, 0.1) is 6.61 Å². The molecule has 0 radical (unpaired) electrons. The molecule has 1 aromatic heterocycles. The van der Waals surface area contributed by atoms with Crippen molar-refractivity contribution in [3.8, 4) is 5.75 Å². The molecule has 1 heterocycles. The zero-order valence-corrected chi connectivity index (χ0v) is 12.0. The highest BCUT2D eigenvalue weighted by Gasteiger charge is 2.18. The van der Waals surface area contributed by atoms with Crippen LogP contribution in [0.15, 0.2) is 28.7 Å². The molecule has 0 fully saturated rings. The molecule has 3 rings (SSSR count). The van der Waals surface area contributed by atoms with E-state index in [4.69, 9.17) is 9.15 Å². The van der Waals surface area contributed by atoms with Crippen LogP contribution in [0.3, 0.4) is 0 Å². The Morgan fingerprint density at radius 1 is 1.00 bits per heavy atom. The van der Waals surface area contributed by atoms with Crippen molar-refractivity contribution in [2.75, 3.05) is 6.61 Å². The maximum absolute atomic E-state index is 14.4. The first-order chi connectivity index (χ1) is 10.1. The van der Waals surface area contributed by atoms with Crippen molar-refractivity contribution in [2.24, 2.45) is 0 Å². The Kier molecular flexibility index (Phi) is 3.53. The fourth-order valence-electron chi connectivity index (χ4n) is 2.36. The van der Waals surface area contributed by atoms with E-state index in [0.717, 1.165) is 12.8 Å². The minimum absolute atomic E-state index is 0.0449. The van der Waals surface area contributed by atoms with Crippen molar-refractivity contribution in [2.45, 2.75) is 26.7 Å².